The molecule has 1 aromatic carbocycles. The maximum Gasteiger partial charge on any atom is 0.254 e. The molecule has 2 aliphatic rings. The number of carbonyl (C=O) groups excluding carboxylic acids is 1. The van der Waals surface area contributed by atoms with Crippen LogP contribution in [0.4, 0.5) is 0 Å². The number of hydrogen-bond acceptors (Lipinski definition) is 5. The first-order chi connectivity index (χ1) is 15.8. The van der Waals surface area contributed by atoms with Crippen LogP contribution in [-0.2, 0) is 21.3 Å². The Balaban J connectivity index is 1.52. The number of benzene rings is 1. The monoisotopic (exact) mass is 471 g/mol. The minimum Gasteiger partial charge on any atom is -0.376 e. The normalized spacial score (nSPS) is 24.0. The fourth-order valence-electron chi connectivity index (χ4n) is 4.87. The minimum absolute atomic E-state index is 0.0216. The third kappa shape index (κ3) is 5.80. The molecule has 7 nitrogen and oxygen atoms in total. The van der Waals surface area contributed by atoms with E-state index in [9.17, 15) is 13.2 Å². The summed E-state index contributed by atoms with van der Waals surface area (Å²) in [5.41, 5.74) is 1.41. The van der Waals surface area contributed by atoms with Gasteiger partial charge in [-0.15, -0.1) is 0 Å². The summed E-state index contributed by atoms with van der Waals surface area (Å²) in [4.78, 5) is 19.5. The van der Waals surface area contributed by atoms with Crippen LogP contribution in [0.25, 0.3) is 0 Å². The van der Waals surface area contributed by atoms with Crippen molar-refractivity contribution in [2.45, 2.75) is 50.7 Å². The standard InChI is InChI=1S/C25H33N3O4S/c1-19-13-20(2)16-28(15-19)33(30,31)24-9-7-22(8-10-24)25(29)27(18-23-6-4-12-32-23)17-21-5-3-11-26-14-21/h3,5,7-11,14,19-20,23H,4,6,12-13,15-18H2,1-2H3. The molecule has 1 aromatic heterocycles. The van der Waals surface area contributed by atoms with Crippen LogP contribution in [0.15, 0.2) is 53.7 Å². The number of ether oxygens (including phenoxy) is 1. The van der Waals surface area contributed by atoms with Gasteiger partial charge in [0.05, 0.1) is 11.0 Å². The van der Waals surface area contributed by atoms with Gasteiger partial charge in [-0.25, -0.2) is 8.42 Å². The number of rotatable bonds is 7. The maximum absolute atomic E-state index is 13.4. The van der Waals surface area contributed by atoms with Gasteiger partial charge in [-0.05, 0) is 67.0 Å². The third-order valence-electron chi connectivity index (χ3n) is 6.41. The van der Waals surface area contributed by atoms with Crippen molar-refractivity contribution in [3.63, 3.8) is 0 Å². The molecule has 0 N–H and O–H groups in total. The van der Waals surface area contributed by atoms with Crippen LogP contribution in [0, 0.1) is 11.8 Å². The molecule has 3 heterocycles. The molecule has 8 heteroatoms. The molecule has 0 saturated carbocycles. The highest BCUT2D eigenvalue weighted by molar-refractivity contribution is 7.89. The summed E-state index contributed by atoms with van der Waals surface area (Å²) < 4.78 is 33.7. The Hall–Kier alpha value is -2.29. The van der Waals surface area contributed by atoms with Crippen molar-refractivity contribution in [3.05, 3.63) is 59.9 Å². The topological polar surface area (TPSA) is 79.8 Å². The zero-order valence-electron chi connectivity index (χ0n) is 19.4. The van der Waals surface area contributed by atoms with Crippen LogP contribution in [-0.4, -0.2) is 60.9 Å². The lowest BCUT2D eigenvalue weighted by Gasteiger charge is -2.34. The van der Waals surface area contributed by atoms with Crippen LogP contribution in [0.5, 0.6) is 0 Å². The summed E-state index contributed by atoms with van der Waals surface area (Å²) >= 11 is 0. The van der Waals surface area contributed by atoms with Crippen LogP contribution >= 0.6 is 0 Å². The number of aromatic nitrogens is 1. The Morgan fingerprint density at radius 3 is 2.48 bits per heavy atom. The average molecular weight is 472 g/mol. The molecule has 2 aromatic rings. The molecule has 0 radical (unpaired) electrons. The second-order valence-corrected chi connectivity index (χ2v) is 11.4. The van der Waals surface area contributed by atoms with Crippen molar-refractivity contribution < 1.29 is 17.9 Å². The summed E-state index contributed by atoms with van der Waals surface area (Å²) in [7, 11) is -3.58. The molecule has 33 heavy (non-hydrogen) atoms. The van der Waals surface area contributed by atoms with E-state index in [1.54, 1.807) is 45.9 Å². The molecule has 2 aliphatic heterocycles. The number of pyridine rings is 1. The van der Waals surface area contributed by atoms with Crippen LogP contribution in [0.1, 0.15) is 49.0 Å². The fraction of sp³-hybridized carbons (Fsp3) is 0.520. The van der Waals surface area contributed by atoms with Gasteiger partial charge in [0.25, 0.3) is 5.91 Å². The minimum atomic E-state index is -3.58. The van der Waals surface area contributed by atoms with Crippen molar-refractivity contribution in [3.8, 4) is 0 Å². The number of sulfonamides is 1. The quantitative estimate of drug-likeness (QED) is 0.617. The number of piperidine rings is 1. The van der Waals surface area contributed by atoms with Gasteiger partial charge in [-0.2, -0.15) is 4.31 Å². The lowest BCUT2D eigenvalue weighted by Crippen LogP contribution is -2.42. The SMILES string of the molecule is CC1CC(C)CN(S(=O)(=O)c2ccc(C(=O)N(Cc3cccnc3)CC3CCCO3)cc2)C1. The van der Waals surface area contributed by atoms with Gasteiger partial charge in [0.15, 0.2) is 0 Å². The maximum atomic E-state index is 13.4. The van der Waals surface area contributed by atoms with Crippen molar-refractivity contribution in [1.82, 2.24) is 14.2 Å². The van der Waals surface area contributed by atoms with Crippen molar-refractivity contribution >= 4 is 15.9 Å². The number of nitrogens with zero attached hydrogens (tertiary/aromatic N) is 3. The van der Waals surface area contributed by atoms with Crippen molar-refractivity contribution in [2.24, 2.45) is 11.8 Å². The molecular weight excluding hydrogens is 438 g/mol. The molecule has 3 unspecified atom stereocenters. The third-order valence-corrected chi connectivity index (χ3v) is 8.25. The Labute approximate surface area is 196 Å². The molecule has 178 valence electrons. The molecule has 0 spiro atoms. The highest BCUT2D eigenvalue weighted by Crippen LogP contribution is 2.27. The van der Waals surface area contributed by atoms with E-state index in [0.717, 1.165) is 31.4 Å². The lowest BCUT2D eigenvalue weighted by molar-refractivity contribution is 0.0507. The van der Waals surface area contributed by atoms with E-state index >= 15 is 0 Å². The van der Waals surface area contributed by atoms with Gasteiger partial charge in [0.2, 0.25) is 10.0 Å². The first kappa shape index (κ1) is 23.9. The van der Waals surface area contributed by atoms with Crippen molar-refractivity contribution in [1.29, 1.82) is 0 Å². The Morgan fingerprint density at radius 1 is 1.15 bits per heavy atom. The van der Waals surface area contributed by atoms with Crippen LogP contribution in [0.2, 0.25) is 0 Å². The number of amides is 1. The molecule has 2 fully saturated rings. The predicted octanol–water partition coefficient (Wildman–Crippen LogP) is 3.57. The Kier molecular flexibility index (Phi) is 7.46. The molecule has 0 bridgehead atoms. The summed E-state index contributed by atoms with van der Waals surface area (Å²) in [5, 5.41) is 0. The largest absolute Gasteiger partial charge is 0.376 e. The molecule has 4 rings (SSSR count). The van der Waals surface area contributed by atoms with E-state index < -0.39 is 10.0 Å². The van der Waals surface area contributed by atoms with E-state index in [-0.39, 0.29) is 16.9 Å². The van der Waals surface area contributed by atoms with Crippen molar-refractivity contribution in [2.75, 3.05) is 26.2 Å². The van der Waals surface area contributed by atoms with Crippen LogP contribution < -0.4 is 0 Å². The zero-order chi connectivity index (χ0) is 23.4. The highest BCUT2D eigenvalue weighted by atomic mass is 32.2. The predicted molar refractivity (Wildman–Crippen MR) is 126 cm³/mol. The fourth-order valence-corrected chi connectivity index (χ4v) is 6.55. The van der Waals surface area contributed by atoms with Gasteiger partial charge in [0.1, 0.15) is 0 Å². The summed E-state index contributed by atoms with van der Waals surface area (Å²) in [5.74, 6) is 0.532. The number of carbonyl (C=O) groups is 1. The van der Waals surface area contributed by atoms with Crippen LogP contribution in [0.3, 0.4) is 0 Å². The molecule has 0 aliphatic carbocycles. The van der Waals surface area contributed by atoms with E-state index in [1.165, 1.54) is 0 Å². The van der Waals surface area contributed by atoms with Gasteiger partial charge < -0.3 is 9.64 Å². The second kappa shape index (κ2) is 10.3. The zero-order valence-corrected chi connectivity index (χ0v) is 20.2. The lowest BCUT2D eigenvalue weighted by atomic mass is 9.94. The van der Waals surface area contributed by atoms with Gasteiger partial charge in [-0.1, -0.05) is 19.9 Å². The smallest absolute Gasteiger partial charge is 0.254 e. The van der Waals surface area contributed by atoms with E-state index in [2.05, 4.69) is 18.8 Å². The average Bonchev–Trinajstić information content (AvgIpc) is 3.31. The molecular formula is C25H33N3O4S. The second-order valence-electron chi connectivity index (χ2n) is 9.47. The summed E-state index contributed by atoms with van der Waals surface area (Å²) in [6, 6.07) is 10.2. The summed E-state index contributed by atoms with van der Waals surface area (Å²) in [6.45, 7) is 6.89. The van der Waals surface area contributed by atoms with E-state index in [0.29, 0.717) is 43.6 Å². The highest BCUT2D eigenvalue weighted by Gasteiger charge is 2.32. The molecule has 1 amide bonds. The molecule has 3 atom stereocenters. The van der Waals surface area contributed by atoms with Gasteiger partial charge >= 0.3 is 0 Å². The Bertz CT molecular complexity index is 1030. The first-order valence-corrected chi connectivity index (χ1v) is 13.2. The van der Waals surface area contributed by atoms with E-state index in [4.69, 9.17) is 4.74 Å². The Morgan fingerprint density at radius 2 is 1.88 bits per heavy atom. The summed E-state index contributed by atoms with van der Waals surface area (Å²) in [6.07, 6.45) is 6.45. The number of hydrogen-bond donors (Lipinski definition) is 0. The van der Waals surface area contributed by atoms with E-state index in [1.807, 2.05) is 12.1 Å². The molecule has 2 saturated heterocycles. The first-order valence-electron chi connectivity index (χ1n) is 11.7. The van der Waals surface area contributed by atoms with Gasteiger partial charge in [0, 0.05) is 50.7 Å². The van der Waals surface area contributed by atoms with Gasteiger partial charge in [-0.3, -0.25) is 9.78 Å².